The number of nitrogens with one attached hydrogen (secondary N) is 1. The number of thiophene rings is 1. The fourth-order valence-corrected chi connectivity index (χ4v) is 5.99. The van der Waals surface area contributed by atoms with E-state index in [0.717, 1.165) is 11.3 Å². The molecular weight excluding hydrogens is 471 g/mol. The molecule has 0 radical (unpaired) electrons. The van der Waals surface area contributed by atoms with E-state index in [-0.39, 0.29) is 22.3 Å². The molecule has 30 heavy (non-hydrogen) atoms. The van der Waals surface area contributed by atoms with E-state index in [4.69, 9.17) is 27.9 Å². The van der Waals surface area contributed by atoms with Crippen molar-refractivity contribution in [3.63, 3.8) is 0 Å². The Bertz CT molecular complexity index is 1020. The molecule has 0 spiro atoms. The maximum absolute atomic E-state index is 12.6. The smallest absolute Gasteiger partial charge is 0.309 e. The second-order valence-corrected chi connectivity index (χ2v) is 10.7. The number of amides is 1. The molecule has 2 heterocycles. The third kappa shape index (κ3) is 5.15. The second kappa shape index (κ2) is 9.65. The van der Waals surface area contributed by atoms with Crippen LogP contribution in [0.4, 0.5) is 5.69 Å². The third-order valence-electron chi connectivity index (χ3n) is 4.75. The van der Waals surface area contributed by atoms with Gasteiger partial charge in [-0.25, -0.2) is 8.42 Å². The van der Waals surface area contributed by atoms with Crippen LogP contribution in [0.3, 0.4) is 0 Å². The first-order valence-corrected chi connectivity index (χ1v) is 12.3. The zero-order valence-corrected chi connectivity index (χ0v) is 19.2. The van der Waals surface area contributed by atoms with Crippen LogP contribution in [0.1, 0.15) is 19.8 Å². The maximum Gasteiger partial charge on any atom is 0.309 e. The van der Waals surface area contributed by atoms with E-state index < -0.39 is 33.9 Å². The molecule has 1 unspecified atom stereocenters. The van der Waals surface area contributed by atoms with Crippen LogP contribution in [0.2, 0.25) is 10.0 Å². The van der Waals surface area contributed by atoms with Gasteiger partial charge < -0.3 is 10.1 Å². The van der Waals surface area contributed by atoms with Gasteiger partial charge in [-0.3, -0.25) is 9.59 Å². The molecule has 1 aliphatic rings. The van der Waals surface area contributed by atoms with Crippen LogP contribution in [0, 0.1) is 5.92 Å². The summed E-state index contributed by atoms with van der Waals surface area (Å²) >= 11 is 13.1. The Hall–Kier alpha value is -1.65. The summed E-state index contributed by atoms with van der Waals surface area (Å²) in [6.45, 7) is 1.90. The van der Waals surface area contributed by atoms with E-state index in [1.54, 1.807) is 35.7 Å². The fraction of sp³-hybridized carbons (Fsp3) is 0.368. The first-order valence-electron chi connectivity index (χ1n) is 9.19. The summed E-state index contributed by atoms with van der Waals surface area (Å²) in [5.41, 5.74) is 0.323. The first-order chi connectivity index (χ1) is 14.2. The van der Waals surface area contributed by atoms with E-state index in [0.29, 0.717) is 23.6 Å². The lowest BCUT2D eigenvalue weighted by molar-refractivity contribution is -0.158. The average Bonchev–Trinajstić information content (AvgIpc) is 3.27. The highest BCUT2D eigenvalue weighted by atomic mass is 35.5. The highest BCUT2D eigenvalue weighted by Gasteiger charge is 2.34. The predicted molar refractivity (Wildman–Crippen MR) is 116 cm³/mol. The minimum atomic E-state index is -3.53. The number of carbonyl (C=O) groups excluding carboxylic acids is 2. The Morgan fingerprint density at radius 3 is 2.53 bits per heavy atom. The van der Waals surface area contributed by atoms with E-state index >= 15 is 0 Å². The highest BCUT2D eigenvalue weighted by molar-refractivity contribution is 7.91. The number of piperidine rings is 1. The molecular formula is C19H20Cl2N2O5S2. The van der Waals surface area contributed by atoms with Crippen LogP contribution in [0.15, 0.2) is 39.9 Å². The molecule has 1 N–H and O–H groups in total. The second-order valence-electron chi connectivity index (χ2n) is 6.78. The van der Waals surface area contributed by atoms with Gasteiger partial charge in [0.1, 0.15) is 4.21 Å². The van der Waals surface area contributed by atoms with Crippen molar-refractivity contribution in [1.29, 1.82) is 0 Å². The molecule has 1 atom stereocenters. The molecule has 0 aliphatic carbocycles. The van der Waals surface area contributed by atoms with E-state index in [1.807, 2.05) is 0 Å². The van der Waals surface area contributed by atoms with Gasteiger partial charge in [-0.1, -0.05) is 35.3 Å². The minimum Gasteiger partial charge on any atom is -0.452 e. The maximum atomic E-state index is 12.6. The zero-order valence-electron chi connectivity index (χ0n) is 16.0. The van der Waals surface area contributed by atoms with Crippen molar-refractivity contribution >= 4 is 62.1 Å². The molecule has 1 aromatic heterocycles. The lowest BCUT2D eigenvalue weighted by Gasteiger charge is -2.30. The minimum absolute atomic E-state index is 0.199. The lowest BCUT2D eigenvalue weighted by Crippen LogP contribution is -2.41. The van der Waals surface area contributed by atoms with Crippen LogP contribution in [-0.2, 0) is 24.3 Å². The summed E-state index contributed by atoms with van der Waals surface area (Å²) in [7, 11) is -3.53. The van der Waals surface area contributed by atoms with Crippen molar-refractivity contribution in [3.05, 3.63) is 45.8 Å². The summed E-state index contributed by atoms with van der Waals surface area (Å²) in [6.07, 6.45) is -0.379. The quantitative estimate of drug-likeness (QED) is 0.617. The Morgan fingerprint density at radius 1 is 1.20 bits per heavy atom. The van der Waals surface area contributed by atoms with Crippen molar-refractivity contribution in [2.24, 2.45) is 5.92 Å². The van der Waals surface area contributed by atoms with Crippen molar-refractivity contribution in [2.45, 2.75) is 30.1 Å². The van der Waals surface area contributed by atoms with Gasteiger partial charge in [0.15, 0.2) is 6.10 Å². The van der Waals surface area contributed by atoms with Gasteiger partial charge >= 0.3 is 5.97 Å². The average molecular weight is 491 g/mol. The Balaban J connectivity index is 1.53. The summed E-state index contributed by atoms with van der Waals surface area (Å²) in [5.74, 6) is -1.53. The molecule has 0 saturated carbocycles. The van der Waals surface area contributed by atoms with Crippen molar-refractivity contribution in [1.82, 2.24) is 4.31 Å². The zero-order chi connectivity index (χ0) is 21.9. The molecule has 1 amide bonds. The van der Waals surface area contributed by atoms with E-state index in [2.05, 4.69) is 5.32 Å². The Morgan fingerprint density at radius 2 is 1.90 bits per heavy atom. The predicted octanol–water partition coefficient (Wildman–Crippen LogP) is 4.03. The third-order valence-corrected chi connectivity index (χ3v) is 8.84. The van der Waals surface area contributed by atoms with Gasteiger partial charge in [0, 0.05) is 13.1 Å². The summed E-state index contributed by atoms with van der Waals surface area (Å²) < 4.78 is 32.1. The largest absolute Gasteiger partial charge is 0.452 e. The van der Waals surface area contributed by atoms with Crippen LogP contribution in [0.5, 0.6) is 0 Å². The molecule has 2 aromatic rings. The molecule has 7 nitrogen and oxygen atoms in total. The van der Waals surface area contributed by atoms with Gasteiger partial charge in [-0.2, -0.15) is 4.31 Å². The number of sulfonamides is 1. The van der Waals surface area contributed by atoms with Crippen molar-refractivity contribution in [3.8, 4) is 0 Å². The monoisotopic (exact) mass is 490 g/mol. The number of anilines is 1. The molecule has 0 bridgehead atoms. The Labute approximate surface area is 189 Å². The standard InChI is InChI=1S/C19H20Cl2N2O5S2/c1-12(18(24)22-15-5-2-4-14(20)17(15)21)28-19(25)13-7-9-23(10-8-13)30(26,27)16-6-3-11-29-16/h2-6,11-13H,7-10H2,1H3,(H,22,24). The molecule has 1 fully saturated rings. The van der Waals surface area contributed by atoms with Gasteiger partial charge in [0.25, 0.3) is 15.9 Å². The van der Waals surface area contributed by atoms with Crippen molar-refractivity contribution < 1.29 is 22.7 Å². The van der Waals surface area contributed by atoms with Crippen LogP contribution < -0.4 is 5.32 Å². The summed E-state index contributed by atoms with van der Waals surface area (Å²) in [6, 6.07) is 8.06. The van der Waals surface area contributed by atoms with Crippen LogP contribution in [0.25, 0.3) is 0 Å². The number of hydrogen-bond donors (Lipinski definition) is 1. The number of halogens is 2. The van der Waals surface area contributed by atoms with Crippen LogP contribution in [-0.4, -0.2) is 43.8 Å². The van der Waals surface area contributed by atoms with Crippen molar-refractivity contribution in [2.75, 3.05) is 18.4 Å². The van der Waals surface area contributed by atoms with E-state index in [1.165, 1.54) is 11.2 Å². The first kappa shape index (κ1) is 23.0. The number of carbonyl (C=O) groups is 2. The topological polar surface area (TPSA) is 92.8 Å². The Kier molecular flexibility index (Phi) is 7.41. The summed E-state index contributed by atoms with van der Waals surface area (Å²) in [4.78, 5) is 24.8. The molecule has 1 aliphatic heterocycles. The van der Waals surface area contributed by atoms with Crippen LogP contribution >= 0.6 is 34.5 Å². The molecule has 3 rings (SSSR count). The normalized spacial score (nSPS) is 16.8. The van der Waals surface area contributed by atoms with Gasteiger partial charge in [-0.05, 0) is 43.3 Å². The lowest BCUT2D eigenvalue weighted by atomic mass is 9.98. The van der Waals surface area contributed by atoms with E-state index in [9.17, 15) is 18.0 Å². The molecule has 11 heteroatoms. The number of ether oxygens (including phenoxy) is 1. The van der Waals surface area contributed by atoms with Gasteiger partial charge in [0.2, 0.25) is 0 Å². The number of esters is 1. The molecule has 1 aromatic carbocycles. The molecule has 162 valence electrons. The van der Waals surface area contributed by atoms with Gasteiger partial charge in [0.05, 0.1) is 21.7 Å². The number of benzene rings is 1. The SMILES string of the molecule is CC(OC(=O)C1CCN(S(=O)(=O)c2cccs2)CC1)C(=O)Nc1cccc(Cl)c1Cl. The number of nitrogens with zero attached hydrogens (tertiary/aromatic N) is 1. The fourth-order valence-electron chi connectivity index (χ4n) is 3.03. The number of hydrogen-bond acceptors (Lipinski definition) is 6. The number of rotatable bonds is 6. The summed E-state index contributed by atoms with van der Waals surface area (Å²) in [5, 5.41) is 4.79. The van der Waals surface area contributed by atoms with Gasteiger partial charge in [-0.15, -0.1) is 11.3 Å². The highest BCUT2D eigenvalue weighted by Crippen LogP contribution is 2.30. The molecule has 1 saturated heterocycles.